The molecule has 0 radical (unpaired) electrons. The molecule has 0 saturated carbocycles. The average Bonchev–Trinajstić information content (AvgIpc) is 2.67. The second kappa shape index (κ2) is 7.86. The molecule has 1 amide bonds. The monoisotopic (exact) mass is 358 g/mol. The number of para-hydroxylation sites is 2. The zero-order valence-corrected chi connectivity index (χ0v) is 14.1. The largest absolute Gasteiger partial charge is 0.481 e. The number of piperazine rings is 1. The molecule has 136 valence electrons. The van der Waals surface area contributed by atoms with Gasteiger partial charge in [0.2, 0.25) is 0 Å². The molecule has 1 heterocycles. The van der Waals surface area contributed by atoms with Crippen LogP contribution in [0.25, 0.3) is 0 Å². The van der Waals surface area contributed by atoms with Crippen LogP contribution in [0.4, 0.5) is 10.1 Å². The van der Waals surface area contributed by atoms with Gasteiger partial charge in [-0.15, -0.1) is 0 Å². The van der Waals surface area contributed by atoms with Crippen LogP contribution in [0.2, 0.25) is 0 Å². The van der Waals surface area contributed by atoms with Gasteiger partial charge in [-0.25, -0.2) is 9.18 Å². The summed E-state index contributed by atoms with van der Waals surface area (Å²) in [7, 11) is 0. The van der Waals surface area contributed by atoms with E-state index < -0.39 is 11.8 Å². The van der Waals surface area contributed by atoms with E-state index in [9.17, 15) is 19.1 Å². The average molecular weight is 358 g/mol. The second-order valence-electron chi connectivity index (χ2n) is 5.91. The Hall–Kier alpha value is -3.09. The van der Waals surface area contributed by atoms with Gasteiger partial charge in [0.1, 0.15) is 0 Å². The predicted molar refractivity (Wildman–Crippen MR) is 94.1 cm³/mol. The number of aromatic carboxylic acids is 1. The van der Waals surface area contributed by atoms with E-state index in [0.717, 1.165) is 0 Å². The summed E-state index contributed by atoms with van der Waals surface area (Å²) < 4.78 is 18.8. The molecule has 0 aliphatic carbocycles. The highest BCUT2D eigenvalue weighted by Gasteiger charge is 2.24. The molecule has 3 rings (SSSR count). The van der Waals surface area contributed by atoms with Crippen molar-refractivity contribution in [2.24, 2.45) is 0 Å². The summed E-state index contributed by atoms with van der Waals surface area (Å²) in [4.78, 5) is 27.2. The number of carboxylic acid groups (broad SMARTS) is 1. The number of nitrogens with zero attached hydrogens (tertiary/aromatic N) is 2. The molecule has 1 saturated heterocycles. The first-order valence-electron chi connectivity index (χ1n) is 8.28. The molecule has 2 aromatic rings. The lowest BCUT2D eigenvalue weighted by molar-refractivity contribution is -0.133. The molecule has 1 aliphatic heterocycles. The maximum atomic E-state index is 13.5. The number of carboxylic acids is 1. The van der Waals surface area contributed by atoms with Crippen molar-refractivity contribution in [1.29, 1.82) is 0 Å². The first-order chi connectivity index (χ1) is 12.6. The number of anilines is 1. The van der Waals surface area contributed by atoms with E-state index in [1.807, 2.05) is 4.90 Å². The maximum Gasteiger partial charge on any atom is 0.337 e. The standard InChI is InChI=1S/C19H19FN2O4/c20-15-6-2-4-8-17(15)26-13-18(23)22-11-9-21(10-12-22)16-7-3-1-5-14(16)19(24)25/h1-8H,9-13H2,(H,24,25). The fourth-order valence-electron chi connectivity index (χ4n) is 2.92. The van der Waals surface area contributed by atoms with Gasteiger partial charge in [0.25, 0.3) is 5.91 Å². The highest BCUT2D eigenvalue weighted by molar-refractivity contribution is 5.94. The van der Waals surface area contributed by atoms with Crippen LogP contribution in [-0.2, 0) is 4.79 Å². The Morgan fingerprint density at radius 2 is 1.65 bits per heavy atom. The third kappa shape index (κ3) is 3.93. The van der Waals surface area contributed by atoms with Gasteiger partial charge in [0.05, 0.1) is 11.3 Å². The Labute approximate surface area is 150 Å². The van der Waals surface area contributed by atoms with Crippen LogP contribution in [0.1, 0.15) is 10.4 Å². The van der Waals surface area contributed by atoms with Crippen LogP contribution in [0.15, 0.2) is 48.5 Å². The quantitative estimate of drug-likeness (QED) is 0.888. The molecule has 0 spiro atoms. The van der Waals surface area contributed by atoms with Gasteiger partial charge in [0.15, 0.2) is 18.2 Å². The van der Waals surface area contributed by atoms with E-state index in [0.29, 0.717) is 31.9 Å². The van der Waals surface area contributed by atoms with E-state index in [-0.39, 0.29) is 23.8 Å². The maximum absolute atomic E-state index is 13.5. The van der Waals surface area contributed by atoms with E-state index in [4.69, 9.17) is 4.74 Å². The molecule has 26 heavy (non-hydrogen) atoms. The normalized spacial score (nSPS) is 14.2. The number of hydrogen-bond acceptors (Lipinski definition) is 4. The van der Waals surface area contributed by atoms with Crippen molar-refractivity contribution in [2.45, 2.75) is 0 Å². The van der Waals surface area contributed by atoms with E-state index >= 15 is 0 Å². The zero-order chi connectivity index (χ0) is 18.5. The number of carbonyl (C=O) groups excluding carboxylic acids is 1. The smallest absolute Gasteiger partial charge is 0.337 e. The fourth-order valence-corrected chi connectivity index (χ4v) is 2.92. The first kappa shape index (κ1) is 17.7. The van der Waals surface area contributed by atoms with Gasteiger partial charge >= 0.3 is 5.97 Å². The number of rotatable bonds is 5. The van der Waals surface area contributed by atoms with Gasteiger partial charge in [-0.3, -0.25) is 4.79 Å². The Morgan fingerprint density at radius 3 is 2.35 bits per heavy atom. The molecular formula is C19H19FN2O4. The number of ether oxygens (including phenoxy) is 1. The van der Waals surface area contributed by atoms with Crippen molar-refractivity contribution in [3.05, 3.63) is 59.9 Å². The van der Waals surface area contributed by atoms with E-state index in [2.05, 4.69) is 0 Å². The Kier molecular flexibility index (Phi) is 5.36. The minimum Gasteiger partial charge on any atom is -0.481 e. The van der Waals surface area contributed by atoms with Crippen molar-refractivity contribution in [3.63, 3.8) is 0 Å². The summed E-state index contributed by atoms with van der Waals surface area (Å²) in [5, 5.41) is 9.30. The Morgan fingerprint density at radius 1 is 1.00 bits per heavy atom. The van der Waals surface area contributed by atoms with Crippen LogP contribution >= 0.6 is 0 Å². The Balaban J connectivity index is 1.56. The first-order valence-corrected chi connectivity index (χ1v) is 8.28. The lowest BCUT2D eigenvalue weighted by Gasteiger charge is -2.36. The molecule has 2 aromatic carbocycles. The summed E-state index contributed by atoms with van der Waals surface area (Å²) in [6.07, 6.45) is 0. The second-order valence-corrected chi connectivity index (χ2v) is 5.91. The third-order valence-electron chi connectivity index (χ3n) is 4.30. The highest BCUT2D eigenvalue weighted by atomic mass is 19.1. The Bertz CT molecular complexity index is 804. The van der Waals surface area contributed by atoms with E-state index in [1.54, 1.807) is 41.3 Å². The molecular weight excluding hydrogens is 339 g/mol. The summed E-state index contributed by atoms with van der Waals surface area (Å²) in [5.41, 5.74) is 0.893. The van der Waals surface area contributed by atoms with Crippen molar-refractivity contribution < 1.29 is 23.8 Å². The zero-order valence-electron chi connectivity index (χ0n) is 14.1. The van der Waals surface area contributed by atoms with Crippen molar-refractivity contribution in [1.82, 2.24) is 4.90 Å². The lowest BCUT2D eigenvalue weighted by Crippen LogP contribution is -2.50. The molecule has 7 heteroatoms. The van der Waals surface area contributed by atoms with Gasteiger partial charge < -0.3 is 19.6 Å². The number of benzene rings is 2. The van der Waals surface area contributed by atoms with E-state index in [1.165, 1.54) is 12.1 Å². The molecule has 0 aromatic heterocycles. The molecule has 1 aliphatic rings. The number of carbonyl (C=O) groups is 2. The van der Waals surface area contributed by atoms with Crippen LogP contribution in [0.3, 0.4) is 0 Å². The summed E-state index contributed by atoms with van der Waals surface area (Å²) in [6.45, 7) is 1.72. The summed E-state index contributed by atoms with van der Waals surface area (Å²) >= 11 is 0. The molecule has 0 bridgehead atoms. The molecule has 0 atom stereocenters. The van der Waals surface area contributed by atoms with Crippen molar-refractivity contribution in [2.75, 3.05) is 37.7 Å². The van der Waals surface area contributed by atoms with Crippen molar-refractivity contribution in [3.8, 4) is 5.75 Å². The summed E-state index contributed by atoms with van der Waals surface area (Å²) in [5.74, 6) is -1.65. The molecule has 6 nitrogen and oxygen atoms in total. The van der Waals surface area contributed by atoms with Crippen LogP contribution < -0.4 is 9.64 Å². The topological polar surface area (TPSA) is 70.1 Å². The van der Waals surface area contributed by atoms with Crippen molar-refractivity contribution >= 4 is 17.6 Å². The van der Waals surface area contributed by atoms with Gasteiger partial charge in [-0.1, -0.05) is 24.3 Å². The number of amides is 1. The minimum atomic E-state index is -0.975. The van der Waals surface area contributed by atoms with Gasteiger partial charge in [0, 0.05) is 26.2 Å². The third-order valence-corrected chi connectivity index (χ3v) is 4.30. The molecule has 1 fully saturated rings. The predicted octanol–water partition coefficient (Wildman–Crippen LogP) is 2.25. The lowest BCUT2D eigenvalue weighted by atomic mass is 10.1. The highest BCUT2D eigenvalue weighted by Crippen LogP contribution is 2.22. The molecule has 0 unspecified atom stereocenters. The van der Waals surface area contributed by atoms with Gasteiger partial charge in [-0.2, -0.15) is 0 Å². The molecule has 1 N–H and O–H groups in total. The summed E-state index contributed by atoms with van der Waals surface area (Å²) in [6, 6.07) is 12.8. The van der Waals surface area contributed by atoms with Gasteiger partial charge in [-0.05, 0) is 24.3 Å². The number of halogens is 1. The SMILES string of the molecule is O=C(O)c1ccccc1N1CCN(C(=O)COc2ccccc2F)CC1. The number of hydrogen-bond donors (Lipinski definition) is 1. The van der Waals surface area contributed by atoms with Crippen LogP contribution in [-0.4, -0.2) is 54.7 Å². The minimum absolute atomic E-state index is 0.0508. The van der Waals surface area contributed by atoms with Crippen LogP contribution in [0.5, 0.6) is 5.75 Å². The fraction of sp³-hybridized carbons (Fsp3) is 0.263. The van der Waals surface area contributed by atoms with Crippen LogP contribution in [0, 0.1) is 5.82 Å².